The monoisotopic (exact) mass is 352 g/mol. The molecule has 0 unspecified atom stereocenters. The Morgan fingerprint density at radius 3 is 2.00 bits per heavy atom. The summed E-state index contributed by atoms with van der Waals surface area (Å²) in [6, 6.07) is 9.03. The Kier molecular flexibility index (Phi) is 5.36. The molecule has 25 heavy (non-hydrogen) atoms. The van der Waals surface area contributed by atoms with Gasteiger partial charge >= 0.3 is 12.1 Å². The number of carboxylic acids is 1. The van der Waals surface area contributed by atoms with E-state index in [1.54, 1.807) is 18.2 Å². The first-order valence-electron chi connectivity index (χ1n) is 7.11. The van der Waals surface area contributed by atoms with Crippen LogP contribution in [0.1, 0.15) is 16.7 Å². The minimum absolute atomic E-state index is 0.252. The minimum Gasteiger partial charge on any atom is -0.493 e. The van der Waals surface area contributed by atoms with E-state index in [0.29, 0.717) is 22.6 Å². The molecule has 0 bridgehead atoms. The zero-order valence-corrected chi connectivity index (χ0v) is 13.4. The molecule has 0 aliphatic rings. The Labute approximate surface area is 142 Å². The summed E-state index contributed by atoms with van der Waals surface area (Å²) in [7, 11) is 2.89. The highest BCUT2D eigenvalue weighted by atomic mass is 19.4. The standard InChI is InChI=1S/C18H15F3O4/c1-24-15-8-5-12(9-16(15)25-2)14(10-17(22)23)11-3-6-13(7-4-11)18(19,20)21/h3-10H,1-2H3,(H,22,23)/b14-10+. The number of carbonyl (C=O) groups is 1. The van der Waals surface area contributed by atoms with Crippen LogP contribution in [0.4, 0.5) is 13.2 Å². The lowest BCUT2D eigenvalue weighted by molar-refractivity contribution is -0.137. The number of hydrogen-bond donors (Lipinski definition) is 1. The smallest absolute Gasteiger partial charge is 0.416 e. The van der Waals surface area contributed by atoms with Gasteiger partial charge in [0.25, 0.3) is 0 Å². The van der Waals surface area contributed by atoms with Crippen LogP contribution in [0.3, 0.4) is 0 Å². The largest absolute Gasteiger partial charge is 0.493 e. The number of methoxy groups -OCH3 is 2. The van der Waals surface area contributed by atoms with Gasteiger partial charge in [-0.1, -0.05) is 18.2 Å². The molecule has 0 aliphatic heterocycles. The molecule has 132 valence electrons. The van der Waals surface area contributed by atoms with Gasteiger partial charge in [-0.15, -0.1) is 0 Å². The van der Waals surface area contributed by atoms with Gasteiger partial charge in [-0.3, -0.25) is 0 Å². The van der Waals surface area contributed by atoms with E-state index < -0.39 is 17.7 Å². The Morgan fingerprint density at radius 1 is 0.960 bits per heavy atom. The molecule has 2 aromatic rings. The maximum atomic E-state index is 12.7. The second-order valence-electron chi connectivity index (χ2n) is 5.04. The van der Waals surface area contributed by atoms with Gasteiger partial charge in [0.1, 0.15) is 0 Å². The summed E-state index contributed by atoms with van der Waals surface area (Å²) in [5.41, 5.74) is 0.253. The van der Waals surface area contributed by atoms with Crippen molar-refractivity contribution >= 4 is 11.5 Å². The summed E-state index contributed by atoms with van der Waals surface area (Å²) in [5, 5.41) is 9.11. The number of aliphatic carboxylic acids is 1. The van der Waals surface area contributed by atoms with E-state index in [-0.39, 0.29) is 5.57 Å². The zero-order chi connectivity index (χ0) is 18.6. The van der Waals surface area contributed by atoms with E-state index in [4.69, 9.17) is 14.6 Å². The molecule has 0 fully saturated rings. The van der Waals surface area contributed by atoms with E-state index in [1.807, 2.05) is 0 Å². The number of hydrogen-bond acceptors (Lipinski definition) is 3. The highest BCUT2D eigenvalue weighted by molar-refractivity contribution is 5.95. The fourth-order valence-corrected chi connectivity index (χ4v) is 2.30. The molecule has 0 spiro atoms. The first-order valence-corrected chi connectivity index (χ1v) is 7.11. The van der Waals surface area contributed by atoms with Crippen LogP contribution in [-0.2, 0) is 11.0 Å². The summed E-state index contributed by atoms with van der Waals surface area (Å²) >= 11 is 0. The van der Waals surface area contributed by atoms with Crippen LogP contribution in [-0.4, -0.2) is 25.3 Å². The van der Waals surface area contributed by atoms with Gasteiger partial charge in [-0.25, -0.2) is 4.79 Å². The highest BCUT2D eigenvalue weighted by Gasteiger charge is 2.30. The molecule has 0 heterocycles. The van der Waals surface area contributed by atoms with Crippen LogP contribution in [0.2, 0.25) is 0 Å². The second kappa shape index (κ2) is 7.29. The van der Waals surface area contributed by atoms with E-state index >= 15 is 0 Å². The number of benzene rings is 2. The van der Waals surface area contributed by atoms with Crippen molar-refractivity contribution in [2.24, 2.45) is 0 Å². The molecule has 0 saturated heterocycles. The third-order valence-corrected chi connectivity index (χ3v) is 3.49. The summed E-state index contributed by atoms with van der Waals surface area (Å²) in [6.45, 7) is 0. The van der Waals surface area contributed by atoms with E-state index in [1.165, 1.54) is 26.4 Å². The molecule has 1 N–H and O–H groups in total. The first kappa shape index (κ1) is 18.4. The van der Waals surface area contributed by atoms with E-state index in [0.717, 1.165) is 18.2 Å². The van der Waals surface area contributed by atoms with Crippen LogP contribution in [0, 0.1) is 0 Å². The topological polar surface area (TPSA) is 55.8 Å². The van der Waals surface area contributed by atoms with Crippen molar-refractivity contribution < 1.29 is 32.5 Å². The van der Waals surface area contributed by atoms with Crippen LogP contribution in [0.15, 0.2) is 48.5 Å². The van der Waals surface area contributed by atoms with Crippen LogP contribution >= 0.6 is 0 Å². The number of halogens is 3. The fraction of sp³-hybridized carbons (Fsp3) is 0.167. The Bertz CT molecular complexity index is 793. The fourth-order valence-electron chi connectivity index (χ4n) is 2.30. The molecular formula is C18H15F3O4. The predicted octanol–water partition coefficient (Wildman–Crippen LogP) is 4.24. The molecule has 2 rings (SSSR count). The highest BCUT2D eigenvalue weighted by Crippen LogP contribution is 2.34. The maximum Gasteiger partial charge on any atom is 0.416 e. The minimum atomic E-state index is -4.46. The van der Waals surface area contributed by atoms with Crippen LogP contribution in [0.25, 0.3) is 5.57 Å². The molecule has 0 radical (unpaired) electrons. The number of carboxylic acid groups (broad SMARTS) is 1. The van der Waals surface area contributed by atoms with Crippen LogP contribution in [0.5, 0.6) is 11.5 Å². The summed E-state index contributed by atoms with van der Waals surface area (Å²) in [5.74, 6) is -0.388. The van der Waals surface area contributed by atoms with E-state index in [9.17, 15) is 18.0 Å². The predicted molar refractivity (Wildman–Crippen MR) is 85.7 cm³/mol. The summed E-state index contributed by atoms with van der Waals surface area (Å²) < 4.78 is 48.4. The average Bonchev–Trinajstić information content (AvgIpc) is 2.58. The van der Waals surface area contributed by atoms with Crippen molar-refractivity contribution in [2.75, 3.05) is 14.2 Å². The molecule has 0 atom stereocenters. The molecule has 2 aromatic carbocycles. The Morgan fingerprint density at radius 2 is 1.52 bits per heavy atom. The maximum absolute atomic E-state index is 12.7. The quantitative estimate of drug-likeness (QED) is 0.818. The molecule has 0 amide bonds. The van der Waals surface area contributed by atoms with Crippen LogP contribution < -0.4 is 9.47 Å². The van der Waals surface area contributed by atoms with Gasteiger partial charge in [0.15, 0.2) is 11.5 Å². The summed E-state index contributed by atoms with van der Waals surface area (Å²) in [4.78, 5) is 11.1. The number of alkyl halides is 3. The average molecular weight is 352 g/mol. The van der Waals surface area contributed by atoms with Gasteiger partial charge in [0.05, 0.1) is 19.8 Å². The van der Waals surface area contributed by atoms with Crippen molar-refractivity contribution in [1.82, 2.24) is 0 Å². The Balaban J connectivity index is 2.53. The number of rotatable bonds is 5. The van der Waals surface area contributed by atoms with Crippen molar-refractivity contribution in [1.29, 1.82) is 0 Å². The van der Waals surface area contributed by atoms with Crippen molar-refractivity contribution in [3.8, 4) is 11.5 Å². The van der Waals surface area contributed by atoms with Crippen molar-refractivity contribution in [3.05, 3.63) is 65.2 Å². The van der Waals surface area contributed by atoms with Gasteiger partial charge in [-0.2, -0.15) is 13.2 Å². The van der Waals surface area contributed by atoms with E-state index in [2.05, 4.69) is 0 Å². The van der Waals surface area contributed by atoms with Gasteiger partial charge < -0.3 is 14.6 Å². The molecule has 4 nitrogen and oxygen atoms in total. The normalized spacial score (nSPS) is 12.0. The lowest BCUT2D eigenvalue weighted by Gasteiger charge is -2.13. The third-order valence-electron chi connectivity index (χ3n) is 3.49. The lowest BCUT2D eigenvalue weighted by Crippen LogP contribution is -2.04. The number of ether oxygens (including phenoxy) is 2. The lowest BCUT2D eigenvalue weighted by atomic mass is 9.96. The van der Waals surface area contributed by atoms with Gasteiger partial charge in [0.2, 0.25) is 0 Å². The Hall–Kier alpha value is -2.96. The van der Waals surface area contributed by atoms with Gasteiger partial charge in [0, 0.05) is 6.08 Å². The SMILES string of the molecule is COc1ccc(/C(=C/C(=O)O)c2ccc(C(F)(F)F)cc2)cc1OC. The molecule has 0 aromatic heterocycles. The van der Waals surface area contributed by atoms with Gasteiger partial charge in [-0.05, 0) is 41.0 Å². The zero-order valence-electron chi connectivity index (χ0n) is 13.4. The molecule has 0 saturated carbocycles. The van der Waals surface area contributed by atoms with Crippen molar-refractivity contribution in [3.63, 3.8) is 0 Å². The third kappa shape index (κ3) is 4.32. The molecule has 0 aliphatic carbocycles. The summed E-state index contributed by atoms with van der Waals surface area (Å²) in [6.07, 6.45) is -3.53. The molecule has 7 heteroatoms. The van der Waals surface area contributed by atoms with Crippen molar-refractivity contribution in [2.45, 2.75) is 6.18 Å². The first-order chi connectivity index (χ1) is 11.8. The second-order valence-corrected chi connectivity index (χ2v) is 5.04. The molecular weight excluding hydrogens is 337 g/mol.